The Labute approximate surface area is 195 Å². The average molecular weight is 467 g/mol. The zero-order valence-electron chi connectivity index (χ0n) is 18.9. The number of furan rings is 1. The Bertz CT molecular complexity index is 1160. The fourth-order valence-electron chi connectivity index (χ4n) is 3.79. The Morgan fingerprint density at radius 2 is 1.64 bits per heavy atom. The minimum atomic E-state index is -3.76. The van der Waals surface area contributed by atoms with E-state index < -0.39 is 10.0 Å². The number of sulfonamides is 1. The Morgan fingerprint density at radius 1 is 0.970 bits per heavy atom. The smallest absolute Gasteiger partial charge is 0.243 e. The van der Waals surface area contributed by atoms with Gasteiger partial charge in [0.25, 0.3) is 0 Å². The Kier molecular flexibility index (Phi) is 7.30. The lowest BCUT2D eigenvalue weighted by Crippen LogP contribution is -2.44. The third-order valence-electron chi connectivity index (χ3n) is 5.86. The predicted octanol–water partition coefficient (Wildman–Crippen LogP) is 4.26. The number of aryl methyl sites for hydroxylation is 1. The monoisotopic (exact) mass is 466 g/mol. The molecule has 0 aliphatic heterocycles. The zero-order chi connectivity index (χ0) is 23.3. The molecule has 3 aromatic rings. The summed E-state index contributed by atoms with van der Waals surface area (Å²) >= 11 is 0. The second-order valence-corrected chi connectivity index (χ2v) is 10.6. The Hall–Kier alpha value is -2.90. The third-order valence-corrected chi connectivity index (χ3v) is 7.69. The SMILES string of the molecule is Cc1ccc(CN(CCc2ccccc2)C(=O)CN(CC2CC2)S(=O)(=O)c2ccccc2)o1. The lowest BCUT2D eigenvalue weighted by molar-refractivity contribution is -0.132. The van der Waals surface area contributed by atoms with Crippen LogP contribution in [0.25, 0.3) is 0 Å². The van der Waals surface area contributed by atoms with E-state index in [9.17, 15) is 13.2 Å². The van der Waals surface area contributed by atoms with Crippen molar-refractivity contribution in [2.24, 2.45) is 5.92 Å². The molecule has 174 valence electrons. The molecule has 1 heterocycles. The fourth-order valence-corrected chi connectivity index (χ4v) is 5.27. The van der Waals surface area contributed by atoms with Gasteiger partial charge >= 0.3 is 0 Å². The first-order valence-corrected chi connectivity index (χ1v) is 12.8. The highest BCUT2D eigenvalue weighted by atomic mass is 32.2. The Morgan fingerprint density at radius 3 is 2.24 bits per heavy atom. The molecule has 0 radical (unpaired) electrons. The number of carbonyl (C=O) groups excluding carboxylic acids is 1. The molecule has 1 aromatic heterocycles. The van der Waals surface area contributed by atoms with Gasteiger partial charge in [0.15, 0.2) is 0 Å². The highest BCUT2D eigenvalue weighted by Gasteiger charge is 2.34. The van der Waals surface area contributed by atoms with Gasteiger partial charge in [-0.05, 0) is 61.9 Å². The number of nitrogens with zero attached hydrogens (tertiary/aromatic N) is 2. The van der Waals surface area contributed by atoms with Crippen LogP contribution in [0, 0.1) is 12.8 Å². The first-order chi connectivity index (χ1) is 15.9. The number of hydrogen-bond donors (Lipinski definition) is 0. The molecule has 1 aliphatic rings. The molecule has 0 spiro atoms. The van der Waals surface area contributed by atoms with Crippen LogP contribution in [0.1, 0.15) is 29.9 Å². The molecule has 0 saturated heterocycles. The van der Waals surface area contributed by atoms with Crippen LogP contribution in [0.2, 0.25) is 0 Å². The van der Waals surface area contributed by atoms with Crippen LogP contribution in [0.5, 0.6) is 0 Å². The quantitative estimate of drug-likeness (QED) is 0.423. The van der Waals surface area contributed by atoms with Crippen LogP contribution in [0.3, 0.4) is 0 Å². The molecule has 0 N–H and O–H groups in total. The molecule has 33 heavy (non-hydrogen) atoms. The molecule has 0 unspecified atom stereocenters. The van der Waals surface area contributed by atoms with E-state index in [0.29, 0.717) is 37.7 Å². The normalized spacial score (nSPS) is 13.9. The van der Waals surface area contributed by atoms with Crippen molar-refractivity contribution in [3.63, 3.8) is 0 Å². The highest BCUT2D eigenvalue weighted by molar-refractivity contribution is 7.89. The van der Waals surface area contributed by atoms with E-state index in [2.05, 4.69) is 0 Å². The van der Waals surface area contributed by atoms with E-state index in [1.807, 2.05) is 49.4 Å². The second kappa shape index (κ2) is 10.4. The summed E-state index contributed by atoms with van der Waals surface area (Å²) in [6.07, 6.45) is 2.68. The zero-order valence-corrected chi connectivity index (χ0v) is 19.7. The molecule has 2 aromatic carbocycles. The third kappa shape index (κ3) is 6.33. The minimum absolute atomic E-state index is 0.178. The lowest BCUT2D eigenvalue weighted by Gasteiger charge is -2.27. The largest absolute Gasteiger partial charge is 0.464 e. The Balaban J connectivity index is 1.53. The molecule has 1 saturated carbocycles. The van der Waals surface area contributed by atoms with Crippen molar-refractivity contribution in [1.29, 1.82) is 0 Å². The van der Waals surface area contributed by atoms with Gasteiger partial charge in [-0.15, -0.1) is 0 Å². The maximum absolute atomic E-state index is 13.4. The van der Waals surface area contributed by atoms with Gasteiger partial charge in [0.05, 0.1) is 18.0 Å². The number of benzene rings is 2. The van der Waals surface area contributed by atoms with Gasteiger partial charge in [-0.3, -0.25) is 4.79 Å². The summed E-state index contributed by atoms with van der Waals surface area (Å²) in [6.45, 7) is 2.84. The topological polar surface area (TPSA) is 70.8 Å². The molecule has 6 nitrogen and oxygen atoms in total. The molecule has 0 bridgehead atoms. The van der Waals surface area contributed by atoms with Gasteiger partial charge < -0.3 is 9.32 Å². The van der Waals surface area contributed by atoms with Crippen LogP contribution in [-0.2, 0) is 27.8 Å². The van der Waals surface area contributed by atoms with Crippen molar-refractivity contribution in [2.75, 3.05) is 19.6 Å². The molecule has 7 heteroatoms. The molecular formula is C26H30N2O4S. The van der Waals surface area contributed by atoms with Gasteiger partial charge in [0.2, 0.25) is 15.9 Å². The fraction of sp³-hybridized carbons (Fsp3) is 0.346. The van der Waals surface area contributed by atoms with Crippen LogP contribution in [0.4, 0.5) is 0 Å². The van der Waals surface area contributed by atoms with Gasteiger partial charge in [-0.1, -0.05) is 48.5 Å². The van der Waals surface area contributed by atoms with E-state index in [4.69, 9.17) is 4.42 Å². The van der Waals surface area contributed by atoms with E-state index in [1.54, 1.807) is 35.2 Å². The summed E-state index contributed by atoms with van der Waals surface area (Å²) in [5.41, 5.74) is 1.12. The summed E-state index contributed by atoms with van der Waals surface area (Å²) in [5.74, 6) is 1.57. The van der Waals surface area contributed by atoms with Crippen molar-refractivity contribution in [1.82, 2.24) is 9.21 Å². The standard InChI is InChI=1S/C26H30N2O4S/c1-21-12-15-24(32-21)19-27(17-16-22-8-4-2-5-9-22)26(29)20-28(18-23-13-14-23)33(30,31)25-10-6-3-7-11-25/h2-12,15,23H,13-14,16-20H2,1H3. The first-order valence-electron chi connectivity index (χ1n) is 11.3. The summed E-state index contributed by atoms with van der Waals surface area (Å²) in [6, 6.07) is 22.0. The van der Waals surface area contributed by atoms with Gasteiger partial charge in [0, 0.05) is 13.1 Å². The average Bonchev–Trinajstić information content (AvgIpc) is 3.55. The second-order valence-electron chi connectivity index (χ2n) is 8.62. The van der Waals surface area contributed by atoms with Gasteiger partial charge in [-0.25, -0.2) is 8.42 Å². The van der Waals surface area contributed by atoms with E-state index in [-0.39, 0.29) is 17.3 Å². The maximum Gasteiger partial charge on any atom is 0.243 e. The lowest BCUT2D eigenvalue weighted by atomic mass is 10.1. The minimum Gasteiger partial charge on any atom is -0.464 e. The highest BCUT2D eigenvalue weighted by Crippen LogP contribution is 2.31. The van der Waals surface area contributed by atoms with Gasteiger partial charge in [-0.2, -0.15) is 4.31 Å². The van der Waals surface area contributed by atoms with Crippen LogP contribution in [-0.4, -0.2) is 43.2 Å². The molecule has 1 amide bonds. The van der Waals surface area contributed by atoms with E-state index in [0.717, 1.165) is 24.2 Å². The summed E-state index contributed by atoms with van der Waals surface area (Å²) in [5, 5.41) is 0. The maximum atomic E-state index is 13.4. The molecule has 1 aliphatic carbocycles. The van der Waals surface area contributed by atoms with Crippen LogP contribution >= 0.6 is 0 Å². The number of hydrogen-bond acceptors (Lipinski definition) is 4. The summed E-state index contributed by atoms with van der Waals surface area (Å²) in [4.78, 5) is 15.4. The van der Waals surface area contributed by atoms with E-state index >= 15 is 0 Å². The van der Waals surface area contributed by atoms with Crippen molar-refractivity contribution in [3.05, 3.63) is 89.9 Å². The van der Waals surface area contributed by atoms with Crippen molar-refractivity contribution >= 4 is 15.9 Å². The van der Waals surface area contributed by atoms with Crippen molar-refractivity contribution in [2.45, 2.75) is 37.6 Å². The molecular weight excluding hydrogens is 436 g/mol. The number of amides is 1. The van der Waals surface area contributed by atoms with E-state index in [1.165, 1.54) is 4.31 Å². The molecule has 1 fully saturated rings. The van der Waals surface area contributed by atoms with Crippen molar-refractivity contribution in [3.8, 4) is 0 Å². The van der Waals surface area contributed by atoms with Crippen LogP contribution in [0.15, 0.2) is 82.1 Å². The summed E-state index contributed by atoms with van der Waals surface area (Å²) in [7, 11) is -3.76. The number of rotatable bonds is 11. The molecule has 4 rings (SSSR count). The van der Waals surface area contributed by atoms with Gasteiger partial charge in [0.1, 0.15) is 11.5 Å². The number of carbonyl (C=O) groups is 1. The molecule has 0 atom stereocenters. The van der Waals surface area contributed by atoms with Crippen LogP contribution < -0.4 is 0 Å². The predicted molar refractivity (Wildman–Crippen MR) is 127 cm³/mol. The summed E-state index contributed by atoms with van der Waals surface area (Å²) < 4.78 is 33.7. The van der Waals surface area contributed by atoms with Crippen molar-refractivity contribution < 1.29 is 17.6 Å². The first kappa shape index (κ1) is 23.3.